The number of carboxylic acids is 1. The lowest BCUT2D eigenvalue weighted by atomic mass is 9.80. The molecule has 4 N–H and O–H groups in total. The Balaban J connectivity index is 3.58. The number of carboxylic acid groups (broad SMARTS) is 1. The number of ether oxygens (including phenoxy) is 1. The minimum absolute atomic E-state index is 0.113. The Morgan fingerprint density at radius 2 is 1.96 bits per heavy atom. The molecule has 0 spiro atoms. The Hall–Kier alpha value is -2.68. The minimum atomic E-state index is -2.23. The largest absolute Gasteiger partial charge is 0.480 e. The van der Waals surface area contributed by atoms with Gasteiger partial charge in [0.1, 0.15) is 11.3 Å². The van der Waals surface area contributed by atoms with E-state index in [0.717, 1.165) is 6.07 Å². The van der Waals surface area contributed by atoms with Crippen molar-refractivity contribution in [1.82, 2.24) is 0 Å². The Bertz CT molecular complexity index is 668. The number of carbonyl (C=O) groups is 2. The summed E-state index contributed by atoms with van der Waals surface area (Å²) < 4.78 is 5.18. The topological polar surface area (TPSA) is 145 Å². The van der Waals surface area contributed by atoms with E-state index in [1.165, 1.54) is 19.2 Å². The normalized spacial score (nSPS) is 13.7. The number of nitro groups is 1. The molecular formula is C15H21N3O6. The molecule has 132 valence electrons. The lowest BCUT2D eigenvalue weighted by Crippen LogP contribution is -2.52. The van der Waals surface area contributed by atoms with Crippen LogP contribution < -0.4 is 11.1 Å². The van der Waals surface area contributed by atoms with Crippen molar-refractivity contribution in [3.63, 3.8) is 0 Å². The molecule has 9 nitrogen and oxygen atoms in total. The van der Waals surface area contributed by atoms with Crippen LogP contribution in [0.1, 0.15) is 26.3 Å². The van der Waals surface area contributed by atoms with E-state index in [1.54, 1.807) is 20.8 Å². The molecular weight excluding hydrogens is 318 g/mol. The number of esters is 1. The molecule has 0 radical (unpaired) electrons. The number of carbonyl (C=O) groups excluding carboxylic acids is 1. The van der Waals surface area contributed by atoms with Gasteiger partial charge in [0, 0.05) is 19.7 Å². The van der Waals surface area contributed by atoms with Gasteiger partial charge in [-0.2, -0.15) is 0 Å². The first-order valence-corrected chi connectivity index (χ1v) is 7.13. The summed E-state index contributed by atoms with van der Waals surface area (Å²) in [7, 11) is 1.49. The third kappa shape index (κ3) is 3.62. The molecule has 1 atom stereocenters. The lowest BCUT2D eigenvalue weighted by Gasteiger charge is -2.30. The van der Waals surface area contributed by atoms with Crippen LogP contribution in [0.5, 0.6) is 0 Å². The van der Waals surface area contributed by atoms with Gasteiger partial charge in [-0.05, 0) is 32.4 Å². The third-order valence-corrected chi connectivity index (χ3v) is 3.38. The van der Waals surface area contributed by atoms with Crippen LogP contribution in [0.4, 0.5) is 11.4 Å². The fourth-order valence-electron chi connectivity index (χ4n) is 2.14. The van der Waals surface area contributed by atoms with Crippen LogP contribution in [-0.2, 0) is 19.7 Å². The van der Waals surface area contributed by atoms with Crippen molar-refractivity contribution in [2.75, 3.05) is 18.9 Å². The smallest absolute Gasteiger partial charge is 0.329 e. The number of rotatable bonds is 6. The van der Waals surface area contributed by atoms with E-state index in [2.05, 4.69) is 5.32 Å². The Labute approximate surface area is 138 Å². The number of nitrogens with one attached hydrogen (secondary N) is 1. The van der Waals surface area contributed by atoms with Gasteiger partial charge in [0.25, 0.3) is 5.69 Å². The van der Waals surface area contributed by atoms with Crippen LogP contribution in [-0.4, -0.2) is 41.2 Å². The van der Waals surface area contributed by atoms with E-state index < -0.39 is 34.4 Å². The SMILES string of the molecule is CNc1ccc(C(CN)(C(=O)O)C(=O)OC(C)(C)C)cc1[N+](=O)[O-]. The van der Waals surface area contributed by atoms with Crippen LogP contribution in [0.15, 0.2) is 18.2 Å². The summed E-state index contributed by atoms with van der Waals surface area (Å²) in [4.78, 5) is 34.9. The van der Waals surface area contributed by atoms with E-state index in [-0.39, 0.29) is 16.9 Å². The maximum Gasteiger partial charge on any atom is 0.329 e. The fraction of sp³-hybridized carbons (Fsp3) is 0.467. The zero-order valence-electron chi connectivity index (χ0n) is 14.0. The van der Waals surface area contributed by atoms with Crippen molar-refractivity contribution in [2.24, 2.45) is 5.73 Å². The average Bonchev–Trinajstić information content (AvgIpc) is 2.46. The number of aliphatic carboxylic acids is 1. The van der Waals surface area contributed by atoms with E-state index in [1.807, 2.05) is 0 Å². The summed E-state index contributed by atoms with van der Waals surface area (Å²) in [5.41, 5.74) is 2.13. The van der Waals surface area contributed by atoms with Crippen LogP contribution in [0.25, 0.3) is 0 Å². The second kappa shape index (κ2) is 6.83. The maximum absolute atomic E-state index is 12.5. The zero-order chi connectivity index (χ0) is 18.7. The predicted octanol–water partition coefficient (Wildman–Crippen LogP) is 1.26. The summed E-state index contributed by atoms with van der Waals surface area (Å²) >= 11 is 0. The molecule has 1 aromatic rings. The molecule has 0 bridgehead atoms. The van der Waals surface area contributed by atoms with Crippen LogP contribution >= 0.6 is 0 Å². The molecule has 24 heavy (non-hydrogen) atoms. The summed E-state index contributed by atoms with van der Waals surface area (Å²) in [6.45, 7) is 4.15. The molecule has 0 aliphatic heterocycles. The highest BCUT2D eigenvalue weighted by Crippen LogP contribution is 2.33. The van der Waals surface area contributed by atoms with E-state index in [0.29, 0.717) is 0 Å². The van der Waals surface area contributed by atoms with Gasteiger partial charge in [-0.25, -0.2) is 0 Å². The minimum Gasteiger partial charge on any atom is -0.480 e. The van der Waals surface area contributed by atoms with Crippen LogP contribution in [0.3, 0.4) is 0 Å². The first kappa shape index (κ1) is 19.4. The van der Waals surface area contributed by atoms with Crippen LogP contribution in [0.2, 0.25) is 0 Å². The highest BCUT2D eigenvalue weighted by atomic mass is 16.6. The Kier molecular flexibility index (Phi) is 5.51. The third-order valence-electron chi connectivity index (χ3n) is 3.38. The molecule has 1 unspecified atom stereocenters. The van der Waals surface area contributed by atoms with Crippen molar-refractivity contribution in [2.45, 2.75) is 31.8 Å². The first-order valence-electron chi connectivity index (χ1n) is 7.13. The number of nitro benzene ring substituents is 1. The summed E-state index contributed by atoms with van der Waals surface area (Å²) in [6.07, 6.45) is 0. The number of hydrogen-bond donors (Lipinski definition) is 3. The fourth-order valence-corrected chi connectivity index (χ4v) is 2.14. The number of hydrogen-bond acceptors (Lipinski definition) is 7. The highest BCUT2D eigenvalue weighted by molar-refractivity contribution is 6.06. The van der Waals surface area contributed by atoms with E-state index in [4.69, 9.17) is 10.5 Å². The predicted molar refractivity (Wildman–Crippen MR) is 86.9 cm³/mol. The number of nitrogens with zero attached hydrogens (tertiary/aromatic N) is 1. The van der Waals surface area contributed by atoms with Gasteiger partial charge >= 0.3 is 11.9 Å². The average molecular weight is 339 g/mol. The number of nitrogens with two attached hydrogens (primary N) is 1. The summed E-state index contributed by atoms with van der Waals surface area (Å²) in [5.74, 6) is -2.61. The van der Waals surface area contributed by atoms with Gasteiger partial charge in [-0.15, -0.1) is 0 Å². The van der Waals surface area contributed by atoms with Gasteiger partial charge in [0.05, 0.1) is 4.92 Å². The molecule has 0 saturated heterocycles. The van der Waals surface area contributed by atoms with Gasteiger partial charge in [0.2, 0.25) is 5.41 Å². The van der Waals surface area contributed by atoms with E-state index >= 15 is 0 Å². The molecule has 1 rings (SSSR count). The summed E-state index contributed by atoms with van der Waals surface area (Å²) in [5, 5.41) is 23.5. The molecule has 0 saturated carbocycles. The van der Waals surface area contributed by atoms with Crippen molar-refractivity contribution >= 4 is 23.3 Å². The molecule has 1 aromatic carbocycles. The molecule has 0 amide bonds. The van der Waals surface area contributed by atoms with Gasteiger partial charge in [0.15, 0.2) is 0 Å². The molecule has 0 aliphatic carbocycles. The Morgan fingerprint density at radius 3 is 2.33 bits per heavy atom. The first-order chi connectivity index (χ1) is 11.0. The van der Waals surface area contributed by atoms with Gasteiger partial charge in [-0.3, -0.25) is 19.7 Å². The van der Waals surface area contributed by atoms with Crippen molar-refractivity contribution in [3.8, 4) is 0 Å². The monoisotopic (exact) mass is 339 g/mol. The molecule has 0 heterocycles. The summed E-state index contributed by atoms with van der Waals surface area (Å²) in [6, 6.07) is 3.66. The van der Waals surface area contributed by atoms with Crippen molar-refractivity contribution in [3.05, 3.63) is 33.9 Å². The zero-order valence-corrected chi connectivity index (χ0v) is 14.0. The molecule has 9 heteroatoms. The number of benzene rings is 1. The quantitative estimate of drug-likeness (QED) is 0.304. The molecule has 0 fully saturated rings. The van der Waals surface area contributed by atoms with Crippen LogP contribution in [0, 0.1) is 10.1 Å². The standard InChI is InChI=1S/C15H21N3O6/c1-14(2,3)24-13(21)15(8-16,12(19)20)9-5-6-10(17-4)11(7-9)18(22)23/h5-7,17H,8,16H2,1-4H3,(H,19,20). The van der Waals surface area contributed by atoms with Crippen molar-refractivity contribution in [1.29, 1.82) is 0 Å². The lowest BCUT2D eigenvalue weighted by molar-refractivity contribution is -0.384. The number of anilines is 1. The van der Waals surface area contributed by atoms with Gasteiger partial charge < -0.3 is 20.9 Å². The molecule has 0 aromatic heterocycles. The highest BCUT2D eigenvalue weighted by Gasteiger charge is 2.50. The maximum atomic E-state index is 12.5. The Morgan fingerprint density at radius 1 is 1.38 bits per heavy atom. The van der Waals surface area contributed by atoms with Gasteiger partial charge in [-0.1, -0.05) is 6.07 Å². The molecule has 0 aliphatic rings. The second-order valence-electron chi connectivity index (χ2n) is 6.16. The van der Waals surface area contributed by atoms with Crippen molar-refractivity contribution < 1.29 is 24.4 Å². The van der Waals surface area contributed by atoms with E-state index in [9.17, 15) is 24.8 Å². The second-order valence-corrected chi connectivity index (χ2v) is 6.16.